The molecule has 2 rings (SSSR count). The Hall–Kier alpha value is -1.48. The Bertz CT molecular complexity index is 633. The number of H-pyrrole nitrogens is 1. The zero-order valence-electron chi connectivity index (χ0n) is 13.4. The quantitative estimate of drug-likeness (QED) is 0.514. The summed E-state index contributed by atoms with van der Waals surface area (Å²) in [7, 11) is 0. The Morgan fingerprint density at radius 1 is 1.18 bits per heavy atom. The van der Waals surface area contributed by atoms with Gasteiger partial charge in [0.2, 0.25) is 0 Å². The fraction of sp³-hybridized carbons (Fsp3) is 0.500. The summed E-state index contributed by atoms with van der Waals surface area (Å²) < 4.78 is 5.17. The van der Waals surface area contributed by atoms with E-state index in [2.05, 4.69) is 11.9 Å². The number of fused-ring (bicyclic) bond motifs is 1. The van der Waals surface area contributed by atoms with Gasteiger partial charge in [0, 0.05) is 15.9 Å². The number of unbranched alkanes of at least 4 members (excludes halogenated alkanes) is 4. The zero-order valence-corrected chi connectivity index (χ0v) is 14.1. The monoisotopic (exact) mass is 321 g/mol. The number of esters is 1. The maximum absolute atomic E-state index is 12.2. The number of benzene rings is 1. The number of carbonyl (C=O) groups is 1. The molecule has 0 fully saturated rings. The number of ether oxygens (including phenoxy) is 1. The predicted molar refractivity (Wildman–Crippen MR) is 91.7 cm³/mol. The number of aromatic nitrogens is 1. The molecule has 0 radical (unpaired) electrons. The van der Waals surface area contributed by atoms with Crippen LogP contribution in [0.25, 0.3) is 10.9 Å². The molecule has 120 valence electrons. The van der Waals surface area contributed by atoms with E-state index in [4.69, 9.17) is 16.3 Å². The summed E-state index contributed by atoms with van der Waals surface area (Å²) in [5, 5.41) is 1.72. The van der Waals surface area contributed by atoms with Crippen LogP contribution in [-0.4, -0.2) is 17.6 Å². The third-order valence-electron chi connectivity index (χ3n) is 3.88. The van der Waals surface area contributed by atoms with Crippen LogP contribution in [0.3, 0.4) is 0 Å². The molecule has 1 aromatic carbocycles. The summed E-state index contributed by atoms with van der Waals surface area (Å²) >= 11 is 6.11. The van der Waals surface area contributed by atoms with Gasteiger partial charge in [-0.15, -0.1) is 0 Å². The van der Waals surface area contributed by atoms with Crippen LogP contribution in [0.4, 0.5) is 0 Å². The zero-order chi connectivity index (χ0) is 15.9. The van der Waals surface area contributed by atoms with E-state index >= 15 is 0 Å². The van der Waals surface area contributed by atoms with Crippen molar-refractivity contribution in [1.82, 2.24) is 4.98 Å². The Kier molecular flexibility index (Phi) is 6.32. The number of carbonyl (C=O) groups excluding carboxylic acids is 1. The molecular weight excluding hydrogens is 298 g/mol. The Labute approximate surface area is 137 Å². The molecule has 0 amide bonds. The second-order valence-corrected chi connectivity index (χ2v) is 5.99. The predicted octanol–water partition coefficient (Wildman–Crippen LogP) is 5.51. The Morgan fingerprint density at radius 2 is 1.95 bits per heavy atom. The molecular formula is C18H24ClNO2. The highest BCUT2D eigenvalue weighted by molar-refractivity contribution is 6.31. The lowest BCUT2D eigenvalue weighted by Crippen LogP contribution is -2.08. The number of aromatic amines is 1. The first kappa shape index (κ1) is 16.9. The lowest BCUT2D eigenvalue weighted by atomic mass is 10.0. The molecule has 1 heterocycles. The average Bonchev–Trinajstić information content (AvgIpc) is 2.85. The Morgan fingerprint density at radius 3 is 2.68 bits per heavy atom. The van der Waals surface area contributed by atoms with Crippen LogP contribution in [0.15, 0.2) is 18.2 Å². The van der Waals surface area contributed by atoms with Gasteiger partial charge in [-0.2, -0.15) is 0 Å². The molecule has 4 heteroatoms. The maximum Gasteiger partial charge on any atom is 0.355 e. The van der Waals surface area contributed by atoms with Crippen LogP contribution in [0.1, 0.15) is 62.0 Å². The summed E-state index contributed by atoms with van der Waals surface area (Å²) in [5.41, 5.74) is 2.55. The molecule has 0 saturated heterocycles. The summed E-state index contributed by atoms with van der Waals surface area (Å²) in [6.45, 7) is 4.41. The first-order valence-electron chi connectivity index (χ1n) is 8.14. The lowest BCUT2D eigenvalue weighted by Gasteiger charge is -2.05. The molecule has 0 aliphatic heterocycles. The van der Waals surface area contributed by atoms with Gasteiger partial charge in [0.1, 0.15) is 5.69 Å². The minimum atomic E-state index is -0.279. The van der Waals surface area contributed by atoms with Crippen LogP contribution >= 0.6 is 11.6 Å². The van der Waals surface area contributed by atoms with E-state index < -0.39 is 0 Å². The van der Waals surface area contributed by atoms with Crippen LogP contribution < -0.4 is 0 Å². The molecule has 0 bridgehead atoms. The topological polar surface area (TPSA) is 42.1 Å². The second kappa shape index (κ2) is 8.23. The van der Waals surface area contributed by atoms with Gasteiger partial charge < -0.3 is 9.72 Å². The molecule has 0 unspecified atom stereocenters. The maximum atomic E-state index is 12.2. The molecule has 22 heavy (non-hydrogen) atoms. The van der Waals surface area contributed by atoms with Crippen molar-refractivity contribution in [3.8, 4) is 0 Å². The molecule has 0 saturated carbocycles. The second-order valence-electron chi connectivity index (χ2n) is 5.55. The highest BCUT2D eigenvalue weighted by Gasteiger charge is 2.18. The van der Waals surface area contributed by atoms with Gasteiger partial charge >= 0.3 is 5.97 Å². The standard InChI is InChI=1S/C18H24ClNO2/c1-3-5-6-7-8-9-14-15-12-13(19)10-11-16(15)20-17(14)18(21)22-4-2/h10-12,20H,3-9H2,1-2H3. The molecule has 0 aliphatic rings. The van der Waals surface area contributed by atoms with E-state index in [-0.39, 0.29) is 5.97 Å². The van der Waals surface area contributed by atoms with Crippen molar-refractivity contribution in [3.05, 3.63) is 34.5 Å². The molecule has 3 nitrogen and oxygen atoms in total. The van der Waals surface area contributed by atoms with Crippen LogP contribution in [0.5, 0.6) is 0 Å². The number of nitrogens with one attached hydrogen (secondary N) is 1. The van der Waals surface area contributed by atoms with E-state index in [0.29, 0.717) is 17.3 Å². The molecule has 0 atom stereocenters. The van der Waals surface area contributed by atoms with E-state index in [1.165, 1.54) is 25.7 Å². The van der Waals surface area contributed by atoms with E-state index in [1.54, 1.807) is 0 Å². The number of hydrogen-bond acceptors (Lipinski definition) is 2. The highest BCUT2D eigenvalue weighted by Crippen LogP contribution is 2.28. The van der Waals surface area contributed by atoms with Gasteiger partial charge in [0.05, 0.1) is 6.61 Å². The van der Waals surface area contributed by atoms with Crippen molar-refractivity contribution < 1.29 is 9.53 Å². The average molecular weight is 322 g/mol. The van der Waals surface area contributed by atoms with E-state index in [0.717, 1.165) is 29.3 Å². The largest absolute Gasteiger partial charge is 0.461 e. The van der Waals surface area contributed by atoms with Crippen molar-refractivity contribution >= 4 is 28.5 Å². The first-order chi connectivity index (χ1) is 10.7. The van der Waals surface area contributed by atoms with Crippen molar-refractivity contribution in [1.29, 1.82) is 0 Å². The van der Waals surface area contributed by atoms with Crippen molar-refractivity contribution in [2.75, 3.05) is 6.61 Å². The fourth-order valence-corrected chi connectivity index (χ4v) is 2.93. The smallest absolute Gasteiger partial charge is 0.355 e. The third-order valence-corrected chi connectivity index (χ3v) is 4.11. The summed E-state index contributed by atoms with van der Waals surface area (Å²) in [5.74, 6) is -0.279. The van der Waals surface area contributed by atoms with Gasteiger partial charge in [-0.25, -0.2) is 4.79 Å². The van der Waals surface area contributed by atoms with E-state index in [1.807, 2.05) is 25.1 Å². The number of rotatable bonds is 8. The van der Waals surface area contributed by atoms with Crippen LogP contribution in [0, 0.1) is 0 Å². The normalized spacial score (nSPS) is 11.0. The van der Waals surface area contributed by atoms with Crippen molar-refractivity contribution in [3.63, 3.8) is 0 Å². The van der Waals surface area contributed by atoms with Gasteiger partial charge in [-0.3, -0.25) is 0 Å². The summed E-state index contributed by atoms with van der Waals surface area (Å²) in [4.78, 5) is 15.4. The lowest BCUT2D eigenvalue weighted by molar-refractivity contribution is 0.0519. The van der Waals surface area contributed by atoms with Crippen LogP contribution in [0.2, 0.25) is 5.02 Å². The van der Waals surface area contributed by atoms with Gasteiger partial charge in [0.25, 0.3) is 0 Å². The van der Waals surface area contributed by atoms with E-state index in [9.17, 15) is 4.79 Å². The molecule has 0 aliphatic carbocycles. The fourth-order valence-electron chi connectivity index (χ4n) is 2.76. The highest BCUT2D eigenvalue weighted by atomic mass is 35.5. The Balaban J connectivity index is 2.24. The summed E-state index contributed by atoms with van der Waals surface area (Å²) in [6, 6.07) is 5.68. The molecule has 1 N–H and O–H groups in total. The van der Waals surface area contributed by atoms with Crippen molar-refractivity contribution in [2.24, 2.45) is 0 Å². The number of aryl methyl sites for hydroxylation is 1. The van der Waals surface area contributed by atoms with Crippen LogP contribution in [-0.2, 0) is 11.2 Å². The minimum Gasteiger partial charge on any atom is -0.461 e. The molecule has 1 aromatic heterocycles. The third kappa shape index (κ3) is 4.04. The van der Waals surface area contributed by atoms with Crippen molar-refractivity contribution in [2.45, 2.75) is 52.4 Å². The van der Waals surface area contributed by atoms with Gasteiger partial charge in [0.15, 0.2) is 0 Å². The van der Waals surface area contributed by atoms with Gasteiger partial charge in [-0.05, 0) is 43.5 Å². The SMILES string of the molecule is CCCCCCCc1c(C(=O)OCC)[nH]c2ccc(Cl)cc12. The number of halogens is 1. The molecule has 2 aromatic rings. The first-order valence-corrected chi connectivity index (χ1v) is 8.52. The minimum absolute atomic E-state index is 0.279. The number of hydrogen-bond donors (Lipinski definition) is 1. The van der Waals surface area contributed by atoms with Gasteiger partial charge in [-0.1, -0.05) is 44.2 Å². The molecule has 0 spiro atoms. The summed E-state index contributed by atoms with van der Waals surface area (Å²) in [6.07, 6.45) is 6.88.